The first-order valence-corrected chi connectivity index (χ1v) is 5.03. The van der Waals surface area contributed by atoms with E-state index in [9.17, 15) is 0 Å². The summed E-state index contributed by atoms with van der Waals surface area (Å²) < 4.78 is 5.16. The van der Waals surface area contributed by atoms with E-state index in [-0.39, 0.29) is 6.61 Å². The Balaban J connectivity index is 2.34. The van der Waals surface area contributed by atoms with Gasteiger partial charge in [-0.15, -0.1) is 0 Å². The highest BCUT2D eigenvalue weighted by molar-refractivity contribution is 5.64. The largest absolute Gasteiger partial charge is 0.497 e. The zero-order valence-electron chi connectivity index (χ0n) is 9.05. The number of hydrogen-bond donors (Lipinski definition) is 1. The first-order valence-electron chi connectivity index (χ1n) is 5.03. The number of pyridine rings is 1. The van der Waals surface area contributed by atoms with Gasteiger partial charge in [0.15, 0.2) is 0 Å². The normalized spacial score (nSPS) is 10.1. The van der Waals surface area contributed by atoms with Crippen LogP contribution in [0.5, 0.6) is 5.75 Å². The molecule has 0 saturated carbocycles. The fourth-order valence-electron chi connectivity index (χ4n) is 1.49. The number of hydrogen-bond acceptors (Lipinski definition) is 3. The van der Waals surface area contributed by atoms with Crippen molar-refractivity contribution in [2.24, 2.45) is 0 Å². The maximum absolute atomic E-state index is 8.90. The quantitative estimate of drug-likeness (QED) is 0.853. The van der Waals surface area contributed by atoms with Crippen LogP contribution in [0.25, 0.3) is 11.1 Å². The van der Waals surface area contributed by atoms with Crippen molar-refractivity contribution >= 4 is 0 Å². The molecule has 3 nitrogen and oxygen atoms in total. The first kappa shape index (κ1) is 10.6. The highest BCUT2D eigenvalue weighted by Gasteiger charge is 2.00. The maximum Gasteiger partial charge on any atom is 0.119 e. The summed E-state index contributed by atoms with van der Waals surface area (Å²) in [5.41, 5.74) is 2.74. The predicted molar refractivity (Wildman–Crippen MR) is 62.1 cm³/mol. The number of nitrogens with zero attached hydrogens (tertiary/aromatic N) is 1. The Hall–Kier alpha value is -1.87. The Morgan fingerprint density at radius 2 is 2.06 bits per heavy atom. The summed E-state index contributed by atoms with van der Waals surface area (Å²) in [5, 5.41) is 8.90. The van der Waals surface area contributed by atoms with Crippen molar-refractivity contribution in [3.8, 4) is 16.9 Å². The lowest BCUT2D eigenvalue weighted by atomic mass is 10.1. The molecular formula is C13H13NO2. The highest BCUT2D eigenvalue weighted by atomic mass is 16.5. The summed E-state index contributed by atoms with van der Waals surface area (Å²) in [6, 6.07) is 11.5. The second-order valence-electron chi connectivity index (χ2n) is 3.43. The van der Waals surface area contributed by atoms with Crippen LogP contribution in [0.15, 0.2) is 42.6 Å². The molecule has 16 heavy (non-hydrogen) atoms. The molecule has 1 heterocycles. The molecule has 0 aliphatic rings. The molecule has 3 heteroatoms. The molecule has 0 unspecified atom stereocenters. The lowest BCUT2D eigenvalue weighted by Crippen LogP contribution is -1.89. The Morgan fingerprint density at radius 1 is 1.19 bits per heavy atom. The van der Waals surface area contributed by atoms with Crippen LogP contribution in [-0.4, -0.2) is 17.2 Å². The third kappa shape index (κ3) is 2.20. The van der Waals surface area contributed by atoms with Gasteiger partial charge in [0.05, 0.1) is 19.4 Å². The molecule has 82 valence electrons. The van der Waals surface area contributed by atoms with E-state index in [1.54, 1.807) is 13.3 Å². The fourth-order valence-corrected chi connectivity index (χ4v) is 1.49. The summed E-state index contributed by atoms with van der Waals surface area (Å²) in [6.45, 7) is -0.0294. The van der Waals surface area contributed by atoms with E-state index in [0.29, 0.717) is 5.69 Å². The summed E-state index contributed by atoms with van der Waals surface area (Å²) in [7, 11) is 1.65. The smallest absolute Gasteiger partial charge is 0.119 e. The molecule has 2 rings (SSSR count). The average Bonchev–Trinajstić information content (AvgIpc) is 2.39. The minimum absolute atomic E-state index is 0.0294. The lowest BCUT2D eigenvalue weighted by Gasteiger charge is -2.04. The summed E-state index contributed by atoms with van der Waals surface area (Å²) >= 11 is 0. The Bertz CT molecular complexity index is 466. The molecule has 1 aromatic carbocycles. The summed E-state index contributed by atoms with van der Waals surface area (Å²) in [5.74, 6) is 0.823. The molecule has 0 amide bonds. The van der Waals surface area contributed by atoms with Gasteiger partial charge in [0, 0.05) is 11.8 Å². The van der Waals surface area contributed by atoms with E-state index in [1.807, 2.05) is 36.4 Å². The topological polar surface area (TPSA) is 42.4 Å². The van der Waals surface area contributed by atoms with Crippen molar-refractivity contribution in [3.05, 3.63) is 48.3 Å². The molecule has 0 bridgehead atoms. The first-order chi connectivity index (χ1) is 7.83. The van der Waals surface area contributed by atoms with E-state index >= 15 is 0 Å². The lowest BCUT2D eigenvalue weighted by molar-refractivity contribution is 0.277. The average molecular weight is 215 g/mol. The van der Waals surface area contributed by atoms with Crippen LogP contribution in [0.4, 0.5) is 0 Å². The van der Waals surface area contributed by atoms with Crippen LogP contribution in [0.2, 0.25) is 0 Å². The van der Waals surface area contributed by atoms with Crippen LogP contribution in [-0.2, 0) is 6.61 Å². The molecule has 1 N–H and O–H groups in total. The molecule has 0 fully saturated rings. The molecule has 1 aromatic heterocycles. The van der Waals surface area contributed by atoms with Crippen molar-refractivity contribution in [1.82, 2.24) is 4.98 Å². The van der Waals surface area contributed by atoms with Gasteiger partial charge in [-0.3, -0.25) is 4.98 Å². The number of aliphatic hydroxyl groups is 1. The zero-order valence-corrected chi connectivity index (χ0v) is 9.05. The van der Waals surface area contributed by atoms with Gasteiger partial charge >= 0.3 is 0 Å². The molecular weight excluding hydrogens is 202 g/mol. The summed E-state index contributed by atoms with van der Waals surface area (Å²) in [4.78, 5) is 4.14. The molecule has 0 aliphatic carbocycles. The number of aliphatic hydroxyl groups excluding tert-OH is 1. The van der Waals surface area contributed by atoms with Gasteiger partial charge < -0.3 is 9.84 Å². The second-order valence-corrected chi connectivity index (χ2v) is 3.43. The minimum Gasteiger partial charge on any atom is -0.497 e. The van der Waals surface area contributed by atoms with E-state index in [4.69, 9.17) is 9.84 Å². The van der Waals surface area contributed by atoms with Crippen molar-refractivity contribution in [2.45, 2.75) is 6.61 Å². The molecule has 0 aliphatic heterocycles. The number of rotatable bonds is 3. The Morgan fingerprint density at radius 3 is 2.69 bits per heavy atom. The third-order valence-electron chi connectivity index (χ3n) is 2.39. The summed E-state index contributed by atoms with van der Waals surface area (Å²) in [6.07, 6.45) is 1.75. The zero-order chi connectivity index (χ0) is 11.4. The standard InChI is InChI=1S/C13H13NO2/c1-16-13-4-2-3-10(7-13)11-5-6-12(9-15)14-8-11/h2-8,15H,9H2,1H3. The van der Waals surface area contributed by atoms with Gasteiger partial charge in [0.1, 0.15) is 5.75 Å². The molecule has 2 aromatic rings. The number of methoxy groups -OCH3 is 1. The van der Waals surface area contributed by atoms with Crippen LogP contribution in [0.1, 0.15) is 5.69 Å². The highest BCUT2D eigenvalue weighted by Crippen LogP contribution is 2.23. The van der Waals surface area contributed by atoms with Crippen LogP contribution in [0.3, 0.4) is 0 Å². The van der Waals surface area contributed by atoms with Crippen LogP contribution in [0, 0.1) is 0 Å². The number of benzene rings is 1. The molecule has 0 saturated heterocycles. The Labute approximate surface area is 94.3 Å². The van der Waals surface area contributed by atoms with E-state index < -0.39 is 0 Å². The van der Waals surface area contributed by atoms with Gasteiger partial charge in [-0.05, 0) is 23.8 Å². The Kier molecular flexibility index (Phi) is 3.17. The second kappa shape index (κ2) is 4.77. The molecule has 0 spiro atoms. The predicted octanol–water partition coefficient (Wildman–Crippen LogP) is 2.25. The third-order valence-corrected chi connectivity index (χ3v) is 2.39. The molecule has 0 radical (unpaired) electrons. The van der Waals surface area contributed by atoms with Crippen molar-refractivity contribution in [1.29, 1.82) is 0 Å². The van der Waals surface area contributed by atoms with Crippen LogP contribution >= 0.6 is 0 Å². The van der Waals surface area contributed by atoms with E-state index in [1.165, 1.54) is 0 Å². The van der Waals surface area contributed by atoms with E-state index in [2.05, 4.69) is 4.98 Å². The minimum atomic E-state index is -0.0294. The van der Waals surface area contributed by atoms with Gasteiger partial charge in [-0.2, -0.15) is 0 Å². The number of ether oxygens (including phenoxy) is 1. The molecule has 0 atom stereocenters. The van der Waals surface area contributed by atoms with Gasteiger partial charge in [0.25, 0.3) is 0 Å². The van der Waals surface area contributed by atoms with Gasteiger partial charge in [-0.25, -0.2) is 0 Å². The van der Waals surface area contributed by atoms with Crippen LogP contribution < -0.4 is 4.74 Å². The van der Waals surface area contributed by atoms with E-state index in [0.717, 1.165) is 16.9 Å². The van der Waals surface area contributed by atoms with Crippen molar-refractivity contribution in [2.75, 3.05) is 7.11 Å². The van der Waals surface area contributed by atoms with Gasteiger partial charge in [0.2, 0.25) is 0 Å². The van der Waals surface area contributed by atoms with Gasteiger partial charge in [-0.1, -0.05) is 18.2 Å². The maximum atomic E-state index is 8.90. The monoisotopic (exact) mass is 215 g/mol. The van der Waals surface area contributed by atoms with Crippen molar-refractivity contribution in [3.63, 3.8) is 0 Å². The number of aromatic nitrogens is 1. The fraction of sp³-hybridized carbons (Fsp3) is 0.154. The van der Waals surface area contributed by atoms with Crippen molar-refractivity contribution < 1.29 is 9.84 Å². The SMILES string of the molecule is COc1cccc(-c2ccc(CO)nc2)c1.